The molecule has 0 saturated carbocycles. The van der Waals surface area contributed by atoms with Gasteiger partial charge in [0, 0.05) is 18.7 Å². The molecule has 1 aromatic rings. The van der Waals surface area contributed by atoms with Gasteiger partial charge < -0.3 is 4.74 Å². The fourth-order valence-electron chi connectivity index (χ4n) is 1.85. The topological polar surface area (TPSA) is 61.2 Å². The van der Waals surface area contributed by atoms with E-state index in [1.54, 1.807) is 25.7 Å². The first-order chi connectivity index (χ1) is 8.93. The van der Waals surface area contributed by atoms with Crippen LogP contribution in [0.3, 0.4) is 0 Å². The lowest BCUT2D eigenvalue weighted by Crippen LogP contribution is -2.24. The maximum atomic E-state index is 12.2. The minimum absolute atomic E-state index is 0.0288. The smallest absolute Gasteiger partial charge is 0.318 e. The first kappa shape index (κ1) is 14.5. The summed E-state index contributed by atoms with van der Waals surface area (Å²) in [5.41, 5.74) is 0.819. The molecule has 0 fully saturated rings. The Labute approximate surface area is 120 Å². The molecule has 2 atom stereocenters. The Morgan fingerprint density at radius 2 is 2.32 bits per heavy atom. The molecule has 7 heteroatoms. The van der Waals surface area contributed by atoms with Crippen molar-refractivity contribution in [3.05, 3.63) is 16.0 Å². The van der Waals surface area contributed by atoms with E-state index < -0.39 is 0 Å². The molecule has 2 unspecified atom stereocenters. The molecule has 0 saturated heterocycles. The number of aromatic nitrogens is 2. The Morgan fingerprint density at radius 1 is 1.63 bits per heavy atom. The minimum Gasteiger partial charge on any atom is -0.468 e. The normalized spacial score (nSPS) is 19.1. The molecule has 2 rings (SSSR count). The number of ether oxygens (including phenoxy) is 1. The van der Waals surface area contributed by atoms with E-state index in [4.69, 9.17) is 0 Å². The van der Waals surface area contributed by atoms with Crippen LogP contribution in [-0.4, -0.2) is 33.1 Å². The molecule has 0 radical (unpaired) electrons. The lowest BCUT2D eigenvalue weighted by molar-refractivity contribution is -0.139. The van der Waals surface area contributed by atoms with E-state index in [2.05, 4.69) is 16.6 Å². The number of carbonyl (C=O) groups is 1. The van der Waals surface area contributed by atoms with Crippen molar-refractivity contribution in [1.29, 1.82) is 0 Å². The van der Waals surface area contributed by atoms with Crippen LogP contribution in [0.5, 0.6) is 0 Å². The Kier molecular flexibility index (Phi) is 4.25. The van der Waals surface area contributed by atoms with Gasteiger partial charge in [0.2, 0.25) is 0 Å². The van der Waals surface area contributed by atoms with E-state index in [1.807, 2.05) is 0 Å². The molecular weight excluding hydrogens is 284 g/mol. The molecule has 0 amide bonds. The largest absolute Gasteiger partial charge is 0.468 e. The Hall–Kier alpha value is -0.950. The van der Waals surface area contributed by atoms with E-state index in [-0.39, 0.29) is 16.8 Å². The SMILES string of the molecule is COC(=O)C(C)Sc1nc2c(c(=O)n1C)SC(C)C2. The van der Waals surface area contributed by atoms with Gasteiger partial charge in [0.1, 0.15) is 5.25 Å². The molecule has 1 aromatic heterocycles. The van der Waals surface area contributed by atoms with E-state index in [0.29, 0.717) is 10.4 Å². The fraction of sp³-hybridized carbons (Fsp3) is 0.583. The number of fused-ring (bicyclic) bond motifs is 1. The van der Waals surface area contributed by atoms with Crippen molar-refractivity contribution in [2.45, 2.75) is 40.8 Å². The third kappa shape index (κ3) is 2.81. The van der Waals surface area contributed by atoms with Crippen molar-refractivity contribution in [2.24, 2.45) is 7.05 Å². The van der Waals surface area contributed by atoms with Gasteiger partial charge in [0.15, 0.2) is 5.16 Å². The first-order valence-electron chi connectivity index (χ1n) is 5.95. The van der Waals surface area contributed by atoms with Crippen LogP contribution in [0.15, 0.2) is 14.8 Å². The highest BCUT2D eigenvalue weighted by Crippen LogP contribution is 2.34. The van der Waals surface area contributed by atoms with Gasteiger partial charge in [-0.15, -0.1) is 11.8 Å². The second-order valence-electron chi connectivity index (χ2n) is 4.45. The molecule has 0 aliphatic carbocycles. The van der Waals surface area contributed by atoms with Crippen LogP contribution in [-0.2, 0) is 23.0 Å². The molecule has 2 heterocycles. The Morgan fingerprint density at radius 3 is 2.95 bits per heavy atom. The number of esters is 1. The van der Waals surface area contributed by atoms with Gasteiger partial charge in [-0.05, 0) is 6.92 Å². The van der Waals surface area contributed by atoms with E-state index in [9.17, 15) is 9.59 Å². The van der Waals surface area contributed by atoms with Crippen LogP contribution in [0, 0.1) is 0 Å². The van der Waals surface area contributed by atoms with Crippen molar-refractivity contribution in [3.8, 4) is 0 Å². The number of methoxy groups -OCH3 is 1. The monoisotopic (exact) mass is 300 g/mol. The van der Waals surface area contributed by atoms with Crippen LogP contribution < -0.4 is 5.56 Å². The maximum absolute atomic E-state index is 12.2. The summed E-state index contributed by atoms with van der Waals surface area (Å²) >= 11 is 2.83. The molecule has 0 aromatic carbocycles. The predicted octanol–water partition coefficient (Wildman–Crippen LogP) is 1.47. The zero-order chi connectivity index (χ0) is 14.2. The number of hydrogen-bond donors (Lipinski definition) is 0. The quantitative estimate of drug-likeness (QED) is 0.478. The zero-order valence-corrected chi connectivity index (χ0v) is 12.9. The summed E-state index contributed by atoms with van der Waals surface area (Å²) in [6.45, 7) is 3.82. The van der Waals surface area contributed by atoms with E-state index in [1.165, 1.54) is 23.4 Å². The second kappa shape index (κ2) is 5.58. The fourth-order valence-corrected chi connectivity index (χ4v) is 3.91. The summed E-state index contributed by atoms with van der Waals surface area (Å²) in [5, 5.41) is 0.567. The van der Waals surface area contributed by atoms with Gasteiger partial charge in [-0.2, -0.15) is 0 Å². The van der Waals surface area contributed by atoms with Crippen molar-refractivity contribution >= 4 is 29.5 Å². The first-order valence-corrected chi connectivity index (χ1v) is 7.71. The summed E-state index contributed by atoms with van der Waals surface area (Å²) in [4.78, 5) is 28.9. The molecular formula is C12H16N2O3S2. The van der Waals surface area contributed by atoms with Crippen LogP contribution in [0.4, 0.5) is 0 Å². The summed E-state index contributed by atoms with van der Waals surface area (Å²) in [7, 11) is 3.04. The van der Waals surface area contributed by atoms with Crippen LogP contribution in [0.1, 0.15) is 19.5 Å². The molecule has 0 N–H and O–H groups in total. The molecule has 104 valence electrons. The molecule has 1 aliphatic rings. The highest BCUT2D eigenvalue weighted by atomic mass is 32.2. The maximum Gasteiger partial charge on any atom is 0.318 e. The van der Waals surface area contributed by atoms with E-state index in [0.717, 1.165) is 17.0 Å². The summed E-state index contributed by atoms with van der Waals surface area (Å²) in [6.07, 6.45) is 0.802. The lowest BCUT2D eigenvalue weighted by Gasteiger charge is -2.12. The average molecular weight is 300 g/mol. The zero-order valence-electron chi connectivity index (χ0n) is 11.3. The molecule has 0 bridgehead atoms. The molecule has 0 spiro atoms. The minimum atomic E-state index is -0.382. The molecule has 1 aliphatic heterocycles. The summed E-state index contributed by atoms with van der Waals surface area (Å²) in [5.74, 6) is -0.317. The predicted molar refractivity (Wildman–Crippen MR) is 75.8 cm³/mol. The Bertz CT molecular complexity index is 571. The van der Waals surface area contributed by atoms with Gasteiger partial charge in [-0.25, -0.2) is 4.98 Å². The number of nitrogens with zero attached hydrogens (tertiary/aromatic N) is 2. The third-order valence-corrected chi connectivity index (χ3v) is 5.23. The third-order valence-electron chi connectivity index (χ3n) is 2.89. The van der Waals surface area contributed by atoms with Gasteiger partial charge >= 0.3 is 5.97 Å². The molecule has 5 nitrogen and oxygen atoms in total. The standard InChI is InChI=1S/C12H16N2O3S2/c1-6-5-8-9(18-6)10(15)14(3)12(13-8)19-7(2)11(16)17-4/h6-7H,5H2,1-4H3. The lowest BCUT2D eigenvalue weighted by atomic mass is 10.2. The molecule has 19 heavy (non-hydrogen) atoms. The van der Waals surface area contributed by atoms with Gasteiger partial charge in [-0.3, -0.25) is 14.2 Å². The summed E-state index contributed by atoms with van der Waals surface area (Å²) < 4.78 is 6.19. The van der Waals surface area contributed by atoms with Crippen molar-refractivity contribution in [1.82, 2.24) is 9.55 Å². The van der Waals surface area contributed by atoms with Gasteiger partial charge in [-0.1, -0.05) is 18.7 Å². The van der Waals surface area contributed by atoms with Crippen LogP contribution in [0.25, 0.3) is 0 Å². The average Bonchev–Trinajstić information content (AvgIpc) is 2.75. The van der Waals surface area contributed by atoms with Crippen molar-refractivity contribution in [2.75, 3.05) is 7.11 Å². The van der Waals surface area contributed by atoms with Crippen molar-refractivity contribution < 1.29 is 9.53 Å². The van der Waals surface area contributed by atoms with Crippen molar-refractivity contribution in [3.63, 3.8) is 0 Å². The number of hydrogen-bond acceptors (Lipinski definition) is 6. The van der Waals surface area contributed by atoms with Crippen LogP contribution in [0.2, 0.25) is 0 Å². The van der Waals surface area contributed by atoms with E-state index >= 15 is 0 Å². The highest BCUT2D eigenvalue weighted by molar-refractivity contribution is 8.00. The summed E-state index contributed by atoms with van der Waals surface area (Å²) in [6, 6.07) is 0. The number of rotatable bonds is 3. The number of carbonyl (C=O) groups excluding carboxylic acids is 1. The van der Waals surface area contributed by atoms with Gasteiger partial charge in [0.05, 0.1) is 17.7 Å². The van der Waals surface area contributed by atoms with Gasteiger partial charge in [0.25, 0.3) is 5.56 Å². The second-order valence-corrected chi connectivity index (χ2v) is 7.21. The van der Waals surface area contributed by atoms with Crippen LogP contribution >= 0.6 is 23.5 Å². The number of thioether (sulfide) groups is 2. The highest BCUT2D eigenvalue weighted by Gasteiger charge is 2.26. The Balaban J connectivity index is 2.33.